The van der Waals surface area contributed by atoms with Gasteiger partial charge in [0, 0.05) is 56.1 Å². The third-order valence-electron chi connectivity index (χ3n) is 4.08. The fourth-order valence-corrected chi connectivity index (χ4v) is 3.29. The third-order valence-corrected chi connectivity index (χ3v) is 4.92. The number of hydrogen-bond donors (Lipinski definition) is 0. The van der Waals surface area contributed by atoms with Crippen molar-refractivity contribution in [3.05, 3.63) is 58.6 Å². The van der Waals surface area contributed by atoms with Gasteiger partial charge in [0.2, 0.25) is 5.91 Å². The van der Waals surface area contributed by atoms with Crippen LogP contribution in [0.25, 0.3) is 6.08 Å². The first-order chi connectivity index (χ1) is 11.3. The van der Waals surface area contributed by atoms with Gasteiger partial charge in [-0.3, -0.25) is 14.7 Å². The predicted octanol–water partition coefficient (Wildman–Crippen LogP) is 2.54. The van der Waals surface area contributed by atoms with Crippen molar-refractivity contribution in [3.8, 4) is 0 Å². The zero-order valence-corrected chi connectivity index (χ0v) is 13.9. The van der Waals surface area contributed by atoms with Crippen LogP contribution in [0.3, 0.4) is 0 Å². The number of rotatable bonds is 5. The molecule has 1 amide bonds. The summed E-state index contributed by atoms with van der Waals surface area (Å²) in [4.78, 5) is 21.7. The summed E-state index contributed by atoms with van der Waals surface area (Å²) in [6.45, 7) is 4.55. The zero-order valence-electron chi connectivity index (χ0n) is 13.1. The Labute approximate surface area is 141 Å². The van der Waals surface area contributed by atoms with Crippen LogP contribution >= 0.6 is 11.3 Å². The van der Waals surface area contributed by atoms with Gasteiger partial charge in [-0.1, -0.05) is 6.07 Å². The number of amides is 1. The Morgan fingerprint density at radius 2 is 1.96 bits per heavy atom. The lowest BCUT2D eigenvalue weighted by Gasteiger charge is -2.34. The average molecular weight is 327 g/mol. The van der Waals surface area contributed by atoms with Gasteiger partial charge in [-0.25, -0.2) is 0 Å². The first-order valence-electron chi connectivity index (χ1n) is 7.93. The number of hydrogen-bond acceptors (Lipinski definition) is 4. The summed E-state index contributed by atoms with van der Waals surface area (Å²) in [6, 6.07) is 8.15. The molecule has 1 aliphatic heterocycles. The summed E-state index contributed by atoms with van der Waals surface area (Å²) in [5.74, 6) is 0.118. The summed E-state index contributed by atoms with van der Waals surface area (Å²) < 4.78 is 0. The Bertz CT molecular complexity index is 632. The highest BCUT2D eigenvalue weighted by Crippen LogP contribution is 2.11. The maximum atomic E-state index is 12.2. The van der Waals surface area contributed by atoms with Crippen LogP contribution in [0.1, 0.15) is 10.4 Å². The van der Waals surface area contributed by atoms with E-state index in [0.29, 0.717) is 0 Å². The Kier molecular flexibility index (Phi) is 5.56. The van der Waals surface area contributed by atoms with Crippen molar-refractivity contribution in [1.29, 1.82) is 0 Å². The fraction of sp³-hybridized carbons (Fsp3) is 0.333. The summed E-state index contributed by atoms with van der Waals surface area (Å²) >= 11 is 1.65. The van der Waals surface area contributed by atoms with Gasteiger partial charge in [0.1, 0.15) is 0 Å². The van der Waals surface area contributed by atoms with E-state index in [1.165, 1.54) is 5.56 Å². The molecule has 0 spiro atoms. The van der Waals surface area contributed by atoms with Gasteiger partial charge in [0.25, 0.3) is 0 Å². The molecule has 0 aliphatic carbocycles. The molecule has 3 heterocycles. The summed E-state index contributed by atoms with van der Waals surface area (Å²) in [7, 11) is 0. The van der Waals surface area contributed by atoms with E-state index in [1.807, 2.05) is 40.9 Å². The maximum Gasteiger partial charge on any atom is 0.246 e. The normalized spacial score (nSPS) is 16.1. The van der Waals surface area contributed by atoms with E-state index >= 15 is 0 Å². The average Bonchev–Trinajstić information content (AvgIpc) is 3.13. The van der Waals surface area contributed by atoms with Crippen LogP contribution in [0, 0.1) is 0 Å². The smallest absolute Gasteiger partial charge is 0.246 e. The van der Waals surface area contributed by atoms with Crippen molar-refractivity contribution >= 4 is 23.3 Å². The molecular weight excluding hydrogens is 306 g/mol. The Hall–Kier alpha value is -1.98. The fourth-order valence-electron chi connectivity index (χ4n) is 2.67. The first kappa shape index (κ1) is 15.9. The maximum absolute atomic E-state index is 12.2. The number of carbonyl (C=O) groups excluding carboxylic acids is 1. The summed E-state index contributed by atoms with van der Waals surface area (Å²) in [5, 5.41) is 2.02. The van der Waals surface area contributed by atoms with Crippen LogP contribution < -0.4 is 0 Å². The van der Waals surface area contributed by atoms with Gasteiger partial charge in [-0.15, -0.1) is 11.3 Å². The van der Waals surface area contributed by atoms with Crippen LogP contribution in [-0.2, 0) is 11.2 Å². The van der Waals surface area contributed by atoms with Crippen LogP contribution in [0.5, 0.6) is 0 Å². The molecule has 2 aromatic heterocycles. The highest BCUT2D eigenvalue weighted by atomic mass is 32.1. The van der Waals surface area contributed by atoms with E-state index in [9.17, 15) is 4.79 Å². The molecule has 3 rings (SSSR count). The van der Waals surface area contributed by atoms with Crippen molar-refractivity contribution in [1.82, 2.24) is 14.8 Å². The number of piperazine rings is 1. The van der Waals surface area contributed by atoms with Gasteiger partial charge >= 0.3 is 0 Å². The monoisotopic (exact) mass is 327 g/mol. The topological polar surface area (TPSA) is 36.4 Å². The lowest BCUT2D eigenvalue weighted by Crippen LogP contribution is -2.48. The van der Waals surface area contributed by atoms with Crippen LogP contribution in [0.15, 0.2) is 48.1 Å². The minimum Gasteiger partial charge on any atom is -0.337 e. The number of pyridine rings is 1. The van der Waals surface area contributed by atoms with E-state index in [4.69, 9.17) is 0 Å². The SMILES string of the molecule is O=C(C=Cc1cccs1)N1CCN(CCc2ccncc2)CC1. The second-order valence-corrected chi connectivity index (χ2v) is 6.60. The zero-order chi connectivity index (χ0) is 15.9. The second kappa shape index (κ2) is 8.04. The summed E-state index contributed by atoms with van der Waals surface area (Å²) in [6.07, 6.45) is 8.31. The lowest BCUT2D eigenvalue weighted by molar-refractivity contribution is -0.127. The highest BCUT2D eigenvalue weighted by Gasteiger charge is 2.19. The molecular formula is C18H21N3OS. The molecule has 0 radical (unpaired) electrons. The van der Waals surface area contributed by atoms with Crippen molar-refractivity contribution in [3.63, 3.8) is 0 Å². The molecule has 4 nitrogen and oxygen atoms in total. The van der Waals surface area contributed by atoms with E-state index in [2.05, 4.69) is 22.0 Å². The Balaban J connectivity index is 1.42. The molecule has 120 valence electrons. The highest BCUT2D eigenvalue weighted by molar-refractivity contribution is 7.10. The van der Waals surface area contributed by atoms with E-state index in [1.54, 1.807) is 17.4 Å². The number of thiophene rings is 1. The number of carbonyl (C=O) groups is 1. The molecule has 0 unspecified atom stereocenters. The first-order valence-corrected chi connectivity index (χ1v) is 8.81. The molecule has 0 atom stereocenters. The minimum atomic E-state index is 0.118. The molecule has 0 saturated carbocycles. The Morgan fingerprint density at radius 1 is 1.17 bits per heavy atom. The standard InChI is InChI=1S/C18H21N3OS/c22-18(4-3-17-2-1-15-23-17)21-13-11-20(12-14-21)10-7-16-5-8-19-9-6-16/h1-6,8-9,15H,7,10-14H2. The Morgan fingerprint density at radius 3 is 2.65 bits per heavy atom. The third kappa shape index (κ3) is 4.74. The van der Waals surface area contributed by atoms with E-state index < -0.39 is 0 Å². The largest absolute Gasteiger partial charge is 0.337 e. The minimum absolute atomic E-state index is 0.118. The molecule has 5 heteroatoms. The van der Waals surface area contributed by atoms with E-state index in [-0.39, 0.29) is 5.91 Å². The lowest BCUT2D eigenvalue weighted by atomic mass is 10.2. The van der Waals surface area contributed by atoms with Gasteiger partial charge in [0.05, 0.1) is 0 Å². The van der Waals surface area contributed by atoms with Crippen molar-refractivity contribution in [2.24, 2.45) is 0 Å². The van der Waals surface area contributed by atoms with Crippen LogP contribution in [0.2, 0.25) is 0 Å². The molecule has 0 N–H and O–H groups in total. The quantitative estimate of drug-likeness (QED) is 0.792. The van der Waals surface area contributed by atoms with Gasteiger partial charge in [-0.05, 0) is 41.6 Å². The van der Waals surface area contributed by atoms with Gasteiger partial charge < -0.3 is 4.90 Å². The molecule has 0 aromatic carbocycles. The van der Waals surface area contributed by atoms with Gasteiger partial charge in [0.15, 0.2) is 0 Å². The van der Waals surface area contributed by atoms with E-state index in [0.717, 1.165) is 44.0 Å². The summed E-state index contributed by atoms with van der Waals surface area (Å²) in [5.41, 5.74) is 1.32. The second-order valence-electron chi connectivity index (χ2n) is 5.62. The number of aromatic nitrogens is 1. The molecule has 2 aromatic rings. The molecule has 1 aliphatic rings. The molecule has 1 saturated heterocycles. The van der Waals surface area contributed by atoms with Crippen LogP contribution in [-0.4, -0.2) is 53.4 Å². The molecule has 1 fully saturated rings. The predicted molar refractivity (Wildman–Crippen MR) is 94.3 cm³/mol. The van der Waals surface area contributed by atoms with Gasteiger partial charge in [-0.2, -0.15) is 0 Å². The molecule has 0 bridgehead atoms. The van der Waals surface area contributed by atoms with Crippen molar-refractivity contribution in [2.75, 3.05) is 32.7 Å². The number of nitrogens with zero attached hydrogens (tertiary/aromatic N) is 3. The molecule has 23 heavy (non-hydrogen) atoms. The van der Waals surface area contributed by atoms with Crippen molar-refractivity contribution < 1.29 is 4.79 Å². The van der Waals surface area contributed by atoms with Crippen molar-refractivity contribution in [2.45, 2.75) is 6.42 Å². The van der Waals surface area contributed by atoms with Crippen LogP contribution in [0.4, 0.5) is 0 Å².